The first-order valence-corrected chi connectivity index (χ1v) is 7.65. The van der Waals surface area contributed by atoms with Gasteiger partial charge in [-0.15, -0.1) is 0 Å². The lowest BCUT2D eigenvalue weighted by molar-refractivity contribution is 0.466. The Kier molecular flexibility index (Phi) is 4.20. The van der Waals surface area contributed by atoms with Gasteiger partial charge in [-0.25, -0.2) is 22.5 Å². The molecule has 1 aromatic carbocycles. The van der Waals surface area contributed by atoms with Crippen LogP contribution in [0.25, 0.3) is 0 Å². The lowest BCUT2D eigenvalue weighted by Gasteiger charge is -2.05. The minimum absolute atomic E-state index is 0.0518. The normalized spacial score (nSPS) is 11.8. The molecule has 0 saturated heterocycles. The highest BCUT2D eigenvalue weighted by atomic mass is 32.2. The molecule has 0 saturated carbocycles. The first-order valence-electron chi connectivity index (χ1n) is 6.00. The summed E-state index contributed by atoms with van der Waals surface area (Å²) in [5.74, 6) is 0.381. The second-order valence-electron chi connectivity index (χ2n) is 4.45. The van der Waals surface area contributed by atoms with Crippen LogP contribution in [0.5, 0.6) is 0 Å². The molecule has 0 aliphatic heterocycles. The van der Waals surface area contributed by atoms with E-state index < -0.39 is 15.8 Å². The van der Waals surface area contributed by atoms with E-state index in [1.165, 1.54) is 24.3 Å². The zero-order valence-corrected chi connectivity index (χ0v) is 12.0. The van der Waals surface area contributed by atoms with E-state index in [1.54, 1.807) is 13.8 Å². The first-order chi connectivity index (χ1) is 9.35. The molecular formula is C13H15FN2O3S. The largest absolute Gasteiger partial charge is 0.444 e. The predicted octanol–water partition coefficient (Wildman–Crippen LogP) is 2.05. The van der Waals surface area contributed by atoms with Crippen LogP contribution in [-0.2, 0) is 22.3 Å². The molecule has 0 aliphatic rings. The summed E-state index contributed by atoms with van der Waals surface area (Å²) in [5.41, 5.74) is 1.18. The van der Waals surface area contributed by atoms with Gasteiger partial charge in [-0.2, -0.15) is 0 Å². The maximum Gasteiger partial charge on any atom is 0.216 e. The van der Waals surface area contributed by atoms with Crippen LogP contribution in [0.2, 0.25) is 0 Å². The van der Waals surface area contributed by atoms with E-state index in [4.69, 9.17) is 4.42 Å². The van der Waals surface area contributed by atoms with Crippen LogP contribution in [0.4, 0.5) is 4.39 Å². The summed E-state index contributed by atoms with van der Waals surface area (Å²) in [6, 6.07) is 5.35. The average Bonchev–Trinajstić information content (AvgIpc) is 2.68. The zero-order valence-electron chi connectivity index (χ0n) is 11.2. The Hall–Kier alpha value is -1.73. The van der Waals surface area contributed by atoms with Crippen molar-refractivity contribution in [1.82, 2.24) is 9.71 Å². The quantitative estimate of drug-likeness (QED) is 0.917. The van der Waals surface area contributed by atoms with Crippen LogP contribution in [0.1, 0.15) is 22.9 Å². The van der Waals surface area contributed by atoms with Gasteiger partial charge in [0.25, 0.3) is 0 Å². The van der Waals surface area contributed by atoms with Crippen molar-refractivity contribution in [1.29, 1.82) is 0 Å². The van der Waals surface area contributed by atoms with E-state index in [9.17, 15) is 12.8 Å². The fourth-order valence-electron chi connectivity index (χ4n) is 1.76. The van der Waals surface area contributed by atoms with Gasteiger partial charge in [0.05, 0.1) is 18.0 Å². The van der Waals surface area contributed by atoms with Gasteiger partial charge in [-0.1, -0.05) is 12.1 Å². The molecule has 0 aliphatic carbocycles. The number of halogens is 1. The van der Waals surface area contributed by atoms with Crippen LogP contribution >= 0.6 is 0 Å². The molecule has 1 N–H and O–H groups in total. The van der Waals surface area contributed by atoms with E-state index in [0.29, 0.717) is 22.9 Å². The molecule has 1 heterocycles. The number of hydrogen-bond acceptors (Lipinski definition) is 4. The van der Waals surface area contributed by atoms with Crippen molar-refractivity contribution in [3.63, 3.8) is 0 Å². The Bertz CT molecular complexity index is 693. The Morgan fingerprint density at radius 3 is 2.45 bits per heavy atom. The Morgan fingerprint density at radius 2 is 1.90 bits per heavy atom. The molecule has 1 aromatic heterocycles. The highest BCUT2D eigenvalue weighted by molar-refractivity contribution is 7.88. The molecule has 0 amide bonds. The van der Waals surface area contributed by atoms with Crippen LogP contribution in [0, 0.1) is 19.7 Å². The van der Waals surface area contributed by atoms with Gasteiger partial charge in [0.2, 0.25) is 10.0 Å². The lowest BCUT2D eigenvalue weighted by atomic mass is 10.2. The maximum absolute atomic E-state index is 12.8. The second kappa shape index (κ2) is 5.72. The molecule has 0 spiro atoms. The number of benzene rings is 1. The summed E-state index contributed by atoms with van der Waals surface area (Å²) in [6.07, 6.45) is 0. The van der Waals surface area contributed by atoms with E-state index in [-0.39, 0.29) is 12.3 Å². The van der Waals surface area contributed by atoms with Crippen molar-refractivity contribution in [3.8, 4) is 0 Å². The molecule has 0 atom stereocenters. The SMILES string of the molecule is Cc1nc(C)c(CNS(=O)(=O)Cc2ccc(F)cc2)o1. The highest BCUT2D eigenvalue weighted by Gasteiger charge is 2.14. The predicted molar refractivity (Wildman–Crippen MR) is 71.8 cm³/mol. The third kappa shape index (κ3) is 3.88. The summed E-state index contributed by atoms with van der Waals surface area (Å²) in [6.45, 7) is 3.50. The number of nitrogens with zero attached hydrogens (tertiary/aromatic N) is 1. The minimum atomic E-state index is -3.51. The number of aryl methyl sites for hydroxylation is 2. The van der Waals surface area contributed by atoms with Crippen LogP contribution in [0.3, 0.4) is 0 Å². The van der Waals surface area contributed by atoms with Gasteiger partial charge >= 0.3 is 0 Å². The number of rotatable bonds is 5. The average molecular weight is 298 g/mol. The van der Waals surface area contributed by atoms with Gasteiger partial charge in [0.15, 0.2) is 5.89 Å². The molecule has 0 unspecified atom stereocenters. The molecule has 5 nitrogen and oxygen atoms in total. The fraction of sp³-hybridized carbons (Fsp3) is 0.308. The molecule has 20 heavy (non-hydrogen) atoms. The van der Waals surface area contributed by atoms with E-state index in [2.05, 4.69) is 9.71 Å². The van der Waals surface area contributed by atoms with Gasteiger partial charge in [0, 0.05) is 6.92 Å². The van der Waals surface area contributed by atoms with Crippen molar-refractivity contribution in [2.45, 2.75) is 26.1 Å². The molecule has 0 bridgehead atoms. The van der Waals surface area contributed by atoms with E-state index in [0.717, 1.165) is 0 Å². The first kappa shape index (κ1) is 14.7. The summed E-state index contributed by atoms with van der Waals surface area (Å²) in [5, 5.41) is 0. The number of aromatic nitrogens is 1. The maximum atomic E-state index is 12.8. The van der Waals surface area contributed by atoms with Crippen molar-refractivity contribution in [2.24, 2.45) is 0 Å². The topological polar surface area (TPSA) is 72.2 Å². The molecule has 0 fully saturated rings. The summed E-state index contributed by atoms with van der Waals surface area (Å²) in [7, 11) is -3.51. The lowest BCUT2D eigenvalue weighted by Crippen LogP contribution is -2.24. The summed E-state index contributed by atoms with van der Waals surface area (Å²) in [4.78, 5) is 4.06. The van der Waals surface area contributed by atoms with Gasteiger partial charge in [-0.05, 0) is 24.6 Å². The summed E-state index contributed by atoms with van der Waals surface area (Å²) >= 11 is 0. The van der Waals surface area contributed by atoms with Gasteiger partial charge in [0.1, 0.15) is 11.6 Å². The summed E-state index contributed by atoms with van der Waals surface area (Å²) < 4.78 is 44.3. The fourth-order valence-corrected chi connectivity index (χ4v) is 2.85. The zero-order chi connectivity index (χ0) is 14.8. The smallest absolute Gasteiger partial charge is 0.216 e. The molecule has 2 aromatic rings. The van der Waals surface area contributed by atoms with E-state index >= 15 is 0 Å². The van der Waals surface area contributed by atoms with Crippen LogP contribution in [-0.4, -0.2) is 13.4 Å². The van der Waals surface area contributed by atoms with Crippen LogP contribution < -0.4 is 4.72 Å². The third-order valence-electron chi connectivity index (χ3n) is 2.72. The van der Waals surface area contributed by atoms with Gasteiger partial charge < -0.3 is 4.42 Å². The monoisotopic (exact) mass is 298 g/mol. The Labute approximate surface area is 116 Å². The number of sulfonamides is 1. The van der Waals surface area contributed by atoms with Crippen molar-refractivity contribution in [3.05, 3.63) is 53.0 Å². The molecule has 7 heteroatoms. The van der Waals surface area contributed by atoms with E-state index in [1.807, 2.05) is 0 Å². The van der Waals surface area contributed by atoms with Crippen molar-refractivity contribution >= 4 is 10.0 Å². The molecular weight excluding hydrogens is 283 g/mol. The third-order valence-corrected chi connectivity index (χ3v) is 4.02. The van der Waals surface area contributed by atoms with Crippen molar-refractivity contribution in [2.75, 3.05) is 0 Å². The van der Waals surface area contributed by atoms with Crippen molar-refractivity contribution < 1.29 is 17.2 Å². The number of nitrogens with one attached hydrogen (secondary N) is 1. The number of oxazole rings is 1. The number of hydrogen-bond donors (Lipinski definition) is 1. The minimum Gasteiger partial charge on any atom is -0.444 e. The highest BCUT2D eigenvalue weighted by Crippen LogP contribution is 2.11. The standard InChI is InChI=1S/C13H15FN2O3S/c1-9-13(19-10(2)16-9)7-15-20(17,18)8-11-3-5-12(14)6-4-11/h3-6,15H,7-8H2,1-2H3. The Morgan fingerprint density at radius 1 is 1.25 bits per heavy atom. The Balaban J connectivity index is 2.01. The molecule has 108 valence electrons. The van der Waals surface area contributed by atoms with Gasteiger partial charge in [-0.3, -0.25) is 0 Å². The molecule has 2 rings (SSSR count). The van der Waals surface area contributed by atoms with Crippen LogP contribution in [0.15, 0.2) is 28.7 Å². The second-order valence-corrected chi connectivity index (χ2v) is 6.25. The molecule has 0 radical (unpaired) electrons.